The summed E-state index contributed by atoms with van der Waals surface area (Å²) >= 11 is 1.65. The molecule has 1 fully saturated rings. The van der Waals surface area contributed by atoms with E-state index in [9.17, 15) is 0 Å². The van der Waals surface area contributed by atoms with Gasteiger partial charge in [-0.2, -0.15) is 4.98 Å². The second-order valence-corrected chi connectivity index (χ2v) is 6.39. The molecule has 0 bridgehead atoms. The highest BCUT2D eigenvalue weighted by Crippen LogP contribution is 2.35. The second kappa shape index (κ2) is 6.07. The number of rotatable bonds is 5. The summed E-state index contributed by atoms with van der Waals surface area (Å²) in [6, 6.07) is 7.91. The van der Waals surface area contributed by atoms with E-state index in [0.29, 0.717) is 17.5 Å². The highest BCUT2D eigenvalue weighted by atomic mass is 32.2. The molecule has 3 rings (SSSR count). The van der Waals surface area contributed by atoms with Gasteiger partial charge in [0.1, 0.15) is 5.75 Å². The highest BCUT2D eigenvalue weighted by Gasteiger charge is 2.35. The predicted molar refractivity (Wildman–Crippen MR) is 81.2 cm³/mol. The molecular formula is C15H19N3O2S. The number of ether oxygens (including phenoxy) is 1. The summed E-state index contributed by atoms with van der Waals surface area (Å²) < 4.78 is 10.5. The van der Waals surface area contributed by atoms with Crippen molar-refractivity contribution in [2.24, 2.45) is 5.73 Å². The zero-order valence-corrected chi connectivity index (χ0v) is 12.9. The third kappa shape index (κ3) is 3.22. The van der Waals surface area contributed by atoms with Gasteiger partial charge < -0.3 is 15.0 Å². The summed E-state index contributed by atoms with van der Waals surface area (Å²) in [5, 5.41) is 4.07. The zero-order chi connectivity index (χ0) is 14.7. The average molecular weight is 305 g/mol. The average Bonchev–Trinajstić information content (AvgIpc) is 3.15. The van der Waals surface area contributed by atoms with Gasteiger partial charge in [0, 0.05) is 4.90 Å². The first-order valence-corrected chi connectivity index (χ1v) is 8.07. The molecule has 2 aromatic rings. The molecule has 1 aliphatic carbocycles. The minimum absolute atomic E-state index is 0.382. The first kappa shape index (κ1) is 14.4. The molecule has 0 unspecified atom stereocenters. The Hall–Kier alpha value is -1.53. The van der Waals surface area contributed by atoms with Gasteiger partial charge in [0.2, 0.25) is 5.89 Å². The van der Waals surface area contributed by atoms with E-state index in [2.05, 4.69) is 10.1 Å². The van der Waals surface area contributed by atoms with Gasteiger partial charge in [0.05, 0.1) is 18.4 Å². The van der Waals surface area contributed by atoms with E-state index in [1.54, 1.807) is 18.9 Å². The minimum atomic E-state index is -0.382. The molecule has 0 aliphatic heterocycles. The minimum Gasteiger partial charge on any atom is -0.497 e. The number of nitrogens with zero attached hydrogens (tertiary/aromatic N) is 2. The lowest BCUT2D eigenvalue weighted by molar-refractivity contribution is 0.355. The van der Waals surface area contributed by atoms with Crippen LogP contribution in [0.2, 0.25) is 0 Å². The number of methoxy groups -OCH3 is 1. The van der Waals surface area contributed by atoms with Gasteiger partial charge in [-0.05, 0) is 37.1 Å². The lowest BCUT2D eigenvalue weighted by Crippen LogP contribution is -2.34. The van der Waals surface area contributed by atoms with Crippen LogP contribution in [0.15, 0.2) is 33.7 Å². The molecule has 0 amide bonds. The SMILES string of the molecule is COc1ccc(SCc2nc(C3(N)CCCC3)no2)cc1. The number of aromatic nitrogens is 2. The lowest BCUT2D eigenvalue weighted by Gasteiger charge is -2.17. The molecule has 1 saturated carbocycles. The summed E-state index contributed by atoms with van der Waals surface area (Å²) in [5.41, 5.74) is 5.94. The van der Waals surface area contributed by atoms with E-state index in [1.165, 1.54) is 0 Å². The van der Waals surface area contributed by atoms with Crippen molar-refractivity contribution in [1.82, 2.24) is 10.1 Å². The molecule has 0 spiro atoms. The van der Waals surface area contributed by atoms with Crippen LogP contribution in [0.5, 0.6) is 5.75 Å². The van der Waals surface area contributed by atoms with Crippen molar-refractivity contribution in [1.29, 1.82) is 0 Å². The first-order valence-electron chi connectivity index (χ1n) is 7.08. The quantitative estimate of drug-likeness (QED) is 0.856. The Kier molecular flexibility index (Phi) is 4.17. The van der Waals surface area contributed by atoms with Crippen LogP contribution in [0.1, 0.15) is 37.4 Å². The third-order valence-electron chi connectivity index (χ3n) is 3.83. The van der Waals surface area contributed by atoms with Crippen LogP contribution in [-0.4, -0.2) is 17.3 Å². The van der Waals surface area contributed by atoms with Crippen LogP contribution in [0.3, 0.4) is 0 Å². The van der Waals surface area contributed by atoms with E-state index in [4.69, 9.17) is 15.0 Å². The smallest absolute Gasteiger partial charge is 0.237 e. The Labute approximate surface area is 128 Å². The topological polar surface area (TPSA) is 74.2 Å². The summed E-state index contributed by atoms with van der Waals surface area (Å²) in [7, 11) is 1.66. The van der Waals surface area contributed by atoms with Crippen molar-refractivity contribution in [3.05, 3.63) is 36.0 Å². The Bertz CT molecular complexity index is 591. The van der Waals surface area contributed by atoms with Crippen molar-refractivity contribution >= 4 is 11.8 Å². The number of thioether (sulfide) groups is 1. The van der Waals surface area contributed by atoms with Gasteiger partial charge in [-0.15, -0.1) is 11.8 Å². The van der Waals surface area contributed by atoms with Gasteiger partial charge in [-0.25, -0.2) is 0 Å². The van der Waals surface area contributed by atoms with E-state index in [0.717, 1.165) is 36.3 Å². The van der Waals surface area contributed by atoms with Crippen LogP contribution < -0.4 is 10.5 Å². The Balaban J connectivity index is 1.61. The van der Waals surface area contributed by atoms with Crippen molar-refractivity contribution < 1.29 is 9.26 Å². The maximum atomic E-state index is 6.33. The van der Waals surface area contributed by atoms with Gasteiger partial charge in [-0.1, -0.05) is 18.0 Å². The van der Waals surface area contributed by atoms with Crippen molar-refractivity contribution in [2.75, 3.05) is 7.11 Å². The molecule has 0 atom stereocenters. The van der Waals surface area contributed by atoms with Gasteiger partial charge in [-0.3, -0.25) is 0 Å². The number of nitrogens with two attached hydrogens (primary N) is 1. The molecule has 2 N–H and O–H groups in total. The fourth-order valence-electron chi connectivity index (χ4n) is 2.56. The van der Waals surface area contributed by atoms with Gasteiger partial charge in [0.25, 0.3) is 0 Å². The molecule has 21 heavy (non-hydrogen) atoms. The zero-order valence-electron chi connectivity index (χ0n) is 12.0. The molecule has 1 aromatic heterocycles. The summed E-state index contributed by atoms with van der Waals surface area (Å²) in [6.45, 7) is 0. The van der Waals surface area contributed by atoms with Gasteiger partial charge in [0.15, 0.2) is 5.82 Å². The van der Waals surface area contributed by atoms with Crippen LogP contribution >= 0.6 is 11.8 Å². The second-order valence-electron chi connectivity index (χ2n) is 5.34. The van der Waals surface area contributed by atoms with Crippen molar-refractivity contribution in [3.63, 3.8) is 0 Å². The summed E-state index contributed by atoms with van der Waals surface area (Å²) in [4.78, 5) is 5.60. The maximum Gasteiger partial charge on any atom is 0.237 e. The lowest BCUT2D eigenvalue weighted by atomic mass is 9.99. The Morgan fingerprint density at radius 1 is 1.29 bits per heavy atom. The monoisotopic (exact) mass is 305 g/mol. The van der Waals surface area contributed by atoms with E-state index in [1.807, 2.05) is 24.3 Å². The Morgan fingerprint density at radius 3 is 2.67 bits per heavy atom. The highest BCUT2D eigenvalue weighted by molar-refractivity contribution is 7.98. The van der Waals surface area contributed by atoms with Gasteiger partial charge >= 0.3 is 0 Å². The van der Waals surface area contributed by atoms with Crippen LogP contribution in [0.4, 0.5) is 0 Å². The summed E-state index contributed by atoms with van der Waals surface area (Å²) in [6.07, 6.45) is 4.16. The molecule has 1 aromatic carbocycles. The molecule has 0 radical (unpaired) electrons. The van der Waals surface area contributed by atoms with E-state index in [-0.39, 0.29) is 5.54 Å². The molecule has 6 heteroatoms. The van der Waals surface area contributed by atoms with Crippen LogP contribution in [0.25, 0.3) is 0 Å². The largest absolute Gasteiger partial charge is 0.497 e. The maximum absolute atomic E-state index is 6.33. The van der Waals surface area contributed by atoms with Crippen LogP contribution in [-0.2, 0) is 11.3 Å². The van der Waals surface area contributed by atoms with E-state index >= 15 is 0 Å². The number of hydrogen-bond acceptors (Lipinski definition) is 6. The summed E-state index contributed by atoms with van der Waals surface area (Å²) in [5.74, 6) is 2.79. The molecule has 0 saturated heterocycles. The molecule has 112 valence electrons. The fraction of sp³-hybridized carbons (Fsp3) is 0.467. The first-order chi connectivity index (χ1) is 10.2. The van der Waals surface area contributed by atoms with Crippen LogP contribution in [0, 0.1) is 0 Å². The molecule has 1 aliphatic rings. The molecule has 1 heterocycles. The standard InChI is InChI=1S/C15H19N3O2S/c1-19-11-4-6-12(7-5-11)21-10-13-17-14(18-20-13)15(16)8-2-3-9-15/h4-7H,2-3,8-10,16H2,1H3. The predicted octanol–water partition coefficient (Wildman–Crippen LogP) is 3.10. The normalized spacial score (nSPS) is 17.0. The molecular weight excluding hydrogens is 286 g/mol. The van der Waals surface area contributed by atoms with E-state index < -0.39 is 0 Å². The fourth-order valence-corrected chi connectivity index (χ4v) is 3.30. The third-order valence-corrected chi connectivity index (χ3v) is 4.83. The number of benzene rings is 1. The van der Waals surface area contributed by atoms with Crippen molar-refractivity contribution in [3.8, 4) is 5.75 Å². The molecule has 5 nitrogen and oxygen atoms in total. The number of hydrogen-bond donors (Lipinski definition) is 1. The van der Waals surface area contributed by atoms with Crippen molar-refractivity contribution in [2.45, 2.75) is 41.9 Å². The Morgan fingerprint density at radius 2 is 2.00 bits per heavy atom.